The number of benzene rings is 1. The van der Waals surface area contributed by atoms with Gasteiger partial charge in [-0.05, 0) is 24.6 Å². The summed E-state index contributed by atoms with van der Waals surface area (Å²) in [7, 11) is -2.05. The third-order valence-electron chi connectivity index (χ3n) is 2.19. The average Bonchev–Trinajstić information content (AvgIpc) is 2.33. The highest BCUT2D eigenvalue weighted by molar-refractivity contribution is 7.52. The molecule has 0 fully saturated rings. The van der Waals surface area contributed by atoms with Crippen molar-refractivity contribution < 1.29 is 13.6 Å². The first-order valence-corrected chi connectivity index (χ1v) is 7.86. The lowest BCUT2D eigenvalue weighted by Crippen LogP contribution is -2.17. The van der Waals surface area contributed by atoms with Crippen LogP contribution in [-0.4, -0.2) is 13.7 Å². The van der Waals surface area contributed by atoms with Crippen molar-refractivity contribution in [3.63, 3.8) is 0 Å². The van der Waals surface area contributed by atoms with E-state index in [1.165, 1.54) is 13.2 Å². The fourth-order valence-electron chi connectivity index (χ4n) is 1.21. The normalized spacial score (nSPS) is 14.2. The Labute approximate surface area is 117 Å². The van der Waals surface area contributed by atoms with E-state index in [0.717, 1.165) is 12.8 Å². The van der Waals surface area contributed by atoms with E-state index in [1.54, 1.807) is 12.1 Å². The fourth-order valence-corrected chi connectivity index (χ4v) is 2.82. The third-order valence-corrected chi connectivity index (χ3v) is 4.25. The number of nitrogens with one attached hydrogen (secondary N) is 1. The van der Waals surface area contributed by atoms with Crippen molar-refractivity contribution in [3.8, 4) is 5.75 Å². The van der Waals surface area contributed by atoms with Crippen LogP contribution in [0.4, 0.5) is 0 Å². The van der Waals surface area contributed by atoms with E-state index in [4.69, 9.17) is 32.2 Å². The van der Waals surface area contributed by atoms with Gasteiger partial charge in [0.1, 0.15) is 5.75 Å². The summed E-state index contributed by atoms with van der Waals surface area (Å²) in [5, 5.41) is 3.53. The zero-order valence-corrected chi connectivity index (χ0v) is 12.7. The van der Waals surface area contributed by atoms with Crippen molar-refractivity contribution in [2.45, 2.75) is 19.8 Å². The summed E-state index contributed by atoms with van der Waals surface area (Å²) in [5.74, 6) is 0.273. The molecule has 0 heterocycles. The van der Waals surface area contributed by atoms with Crippen LogP contribution in [-0.2, 0) is 9.09 Å². The van der Waals surface area contributed by atoms with Gasteiger partial charge in [0.25, 0.3) is 0 Å². The summed E-state index contributed by atoms with van der Waals surface area (Å²) in [6, 6.07) is 4.68. The van der Waals surface area contributed by atoms with Gasteiger partial charge in [-0.2, -0.15) is 0 Å². The van der Waals surface area contributed by atoms with Gasteiger partial charge in [-0.15, -0.1) is 0 Å². The molecule has 1 aromatic carbocycles. The van der Waals surface area contributed by atoms with Gasteiger partial charge in [-0.3, -0.25) is 4.52 Å². The largest absolute Gasteiger partial charge is 0.458 e. The van der Waals surface area contributed by atoms with Crippen LogP contribution >= 0.6 is 30.9 Å². The molecule has 102 valence electrons. The molecular formula is C11H16Cl2NO3P. The standard InChI is InChI=1S/C11H16Cl2NO3P/c1-3-4-7-14-18(15,16-2)17-11-6-5-9(12)8-10(11)13/h5-6,8H,3-4,7H2,1-2H3,(H,14,15). The van der Waals surface area contributed by atoms with Crippen LogP contribution < -0.4 is 9.61 Å². The molecule has 0 saturated carbocycles. The van der Waals surface area contributed by atoms with Crippen LogP contribution in [0.25, 0.3) is 0 Å². The lowest BCUT2D eigenvalue weighted by molar-refractivity contribution is 0.309. The predicted molar refractivity (Wildman–Crippen MR) is 74.6 cm³/mol. The molecule has 1 atom stereocenters. The van der Waals surface area contributed by atoms with E-state index in [9.17, 15) is 4.57 Å². The Morgan fingerprint density at radius 3 is 2.67 bits per heavy atom. The Morgan fingerprint density at radius 2 is 2.11 bits per heavy atom. The SMILES string of the molecule is CCCCNP(=O)(OC)Oc1ccc(Cl)cc1Cl. The molecule has 1 rings (SSSR count). The zero-order valence-electron chi connectivity index (χ0n) is 10.3. The van der Waals surface area contributed by atoms with Gasteiger partial charge in [-0.1, -0.05) is 36.5 Å². The third kappa shape index (κ3) is 4.79. The van der Waals surface area contributed by atoms with Crippen LogP contribution in [0.5, 0.6) is 5.75 Å². The molecule has 0 bridgehead atoms. The summed E-state index contributed by atoms with van der Waals surface area (Å²) < 4.78 is 22.4. The number of rotatable bonds is 7. The van der Waals surface area contributed by atoms with E-state index in [2.05, 4.69) is 5.09 Å². The van der Waals surface area contributed by atoms with Crippen molar-refractivity contribution in [1.29, 1.82) is 0 Å². The maximum absolute atomic E-state index is 12.2. The topological polar surface area (TPSA) is 47.6 Å². The molecular weight excluding hydrogens is 296 g/mol. The summed E-state index contributed by atoms with van der Waals surface area (Å²) in [6.45, 7) is 2.59. The molecule has 1 N–H and O–H groups in total. The molecule has 0 aliphatic carbocycles. The fraction of sp³-hybridized carbons (Fsp3) is 0.455. The maximum Gasteiger partial charge on any atom is 0.458 e. The van der Waals surface area contributed by atoms with Crippen LogP contribution in [0.3, 0.4) is 0 Å². The molecule has 0 aliphatic heterocycles. The highest BCUT2D eigenvalue weighted by Crippen LogP contribution is 2.45. The predicted octanol–water partition coefficient (Wildman–Crippen LogP) is 4.52. The molecule has 0 saturated heterocycles. The lowest BCUT2D eigenvalue weighted by Gasteiger charge is -2.18. The summed E-state index contributed by atoms with van der Waals surface area (Å²) in [6.07, 6.45) is 1.86. The minimum Gasteiger partial charge on any atom is -0.412 e. The van der Waals surface area contributed by atoms with Gasteiger partial charge in [-0.25, -0.2) is 9.65 Å². The number of halogens is 2. The summed E-state index contributed by atoms with van der Waals surface area (Å²) in [4.78, 5) is 0. The van der Waals surface area contributed by atoms with Crippen molar-refractivity contribution in [2.75, 3.05) is 13.7 Å². The summed E-state index contributed by atoms with van der Waals surface area (Å²) >= 11 is 11.7. The van der Waals surface area contributed by atoms with Gasteiger partial charge in [0, 0.05) is 18.7 Å². The Balaban J connectivity index is 2.75. The Bertz CT molecular complexity index is 442. The minimum atomic E-state index is -3.37. The molecule has 1 aromatic rings. The van der Waals surface area contributed by atoms with Gasteiger partial charge in [0.05, 0.1) is 5.02 Å². The molecule has 0 radical (unpaired) electrons. The zero-order chi connectivity index (χ0) is 13.6. The van der Waals surface area contributed by atoms with Crippen LogP contribution in [0.2, 0.25) is 10.0 Å². The molecule has 7 heteroatoms. The van der Waals surface area contributed by atoms with Crippen LogP contribution in [0.1, 0.15) is 19.8 Å². The molecule has 0 amide bonds. The molecule has 0 spiro atoms. The molecule has 0 aromatic heterocycles. The molecule has 1 unspecified atom stereocenters. The first kappa shape index (κ1) is 15.8. The Hall–Kier alpha value is -0.250. The van der Waals surface area contributed by atoms with E-state index < -0.39 is 7.75 Å². The first-order chi connectivity index (χ1) is 8.50. The number of unbranched alkanes of at least 4 members (excludes halogenated alkanes) is 1. The average molecular weight is 312 g/mol. The smallest absolute Gasteiger partial charge is 0.412 e. The van der Waals surface area contributed by atoms with Crippen molar-refractivity contribution in [3.05, 3.63) is 28.2 Å². The molecule has 4 nitrogen and oxygen atoms in total. The second-order valence-corrected chi connectivity index (χ2v) is 6.31. The van der Waals surface area contributed by atoms with E-state index in [0.29, 0.717) is 11.6 Å². The lowest BCUT2D eigenvalue weighted by atomic mass is 10.3. The number of hydrogen-bond acceptors (Lipinski definition) is 3. The van der Waals surface area contributed by atoms with Gasteiger partial charge >= 0.3 is 7.75 Å². The monoisotopic (exact) mass is 311 g/mol. The van der Waals surface area contributed by atoms with Crippen molar-refractivity contribution in [1.82, 2.24) is 5.09 Å². The highest BCUT2D eigenvalue weighted by Gasteiger charge is 2.24. The van der Waals surface area contributed by atoms with Crippen molar-refractivity contribution >= 4 is 30.9 Å². The van der Waals surface area contributed by atoms with Gasteiger partial charge in [0.2, 0.25) is 0 Å². The van der Waals surface area contributed by atoms with Gasteiger partial charge in [0.15, 0.2) is 0 Å². The van der Waals surface area contributed by atoms with Crippen LogP contribution in [0.15, 0.2) is 18.2 Å². The Morgan fingerprint density at radius 1 is 1.39 bits per heavy atom. The van der Waals surface area contributed by atoms with Gasteiger partial charge < -0.3 is 4.52 Å². The first-order valence-electron chi connectivity index (χ1n) is 5.56. The van der Waals surface area contributed by atoms with E-state index in [-0.39, 0.29) is 10.8 Å². The molecule has 18 heavy (non-hydrogen) atoms. The Kier molecular flexibility index (Phi) is 6.47. The quantitative estimate of drug-likeness (QED) is 0.594. The highest BCUT2D eigenvalue weighted by atomic mass is 35.5. The minimum absolute atomic E-state index is 0.273. The van der Waals surface area contributed by atoms with E-state index in [1.807, 2.05) is 6.92 Å². The van der Waals surface area contributed by atoms with Crippen LogP contribution in [0, 0.1) is 0 Å². The maximum atomic E-state index is 12.2. The van der Waals surface area contributed by atoms with E-state index >= 15 is 0 Å². The summed E-state index contributed by atoms with van der Waals surface area (Å²) in [5.41, 5.74) is 0. The number of hydrogen-bond donors (Lipinski definition) is 1. The van der Waals surface area contributed by atoms with Crippen molar-refractivity contribution in [2.24, 2.45) is 0 Å². The molecule has 0 aliphatic rings. The second-order valence-electron chi connectivity index (χ2n) is 3.61. The second kappa shape index (κ2) is 7.37.